The van der Waals surface area contributed by atoms with Crippen LogP contribution in [0.15, 0.2) is 12.5 Å². The number of carboxylic acid groups (broad SMARTS) is 1. The molecule has 1 aliphatic heterocycles. The van der Waals surface area contributed by atoms with Crippen LogP contribution in [0.4, 0.5) is 0 Å². The lowest BCUT2D eigenvalue weighted by atomic mass is 10.2. The molecule has 1 saturated heterocycles. The largest absolute Gasteiger partial charge is 0.476 e. The first-order chi connectivity index (χ1) is 9.08. The van der Waals surface area contributed by atoms with Crippen molar-refractivity contribution in [3.8, 4) is 0 Å². The van der Waals surface area contributed by atoms with Crippen molar-refractivity contribution >= 4 is 17.8 Å². The summed E-state index contributed by atoms with van der Waals surface area (Å²) in [5.41, 5.74) is -0.0477. The average Bonchev–Trinajstić information content (AvgIpc) is 2.77. The smallest absolute Gasteiger partial charge is 0.356 e. The maximum Gasteiger partial charge on any atom is 0.356 e. The quantitative estimate of drug-likeness (QED) is 0.801. The third kappa shape index (κ3) is 3.18. The van der Waals surface area contributed by atoms with Gasteiger partial charge < -0.3 is 9.67 Å². The van der Waals surface area contributed by atoms with Crippen molar-refractivity contribution in [2.45, 2.75) is 32.2 Å². The number of rotatable bonds is 4. The van der Waals surface area contributed by atoms with Gasteiger partial charge in [-0.3, -0.25) is 14.5 Å². The molecule has 1 fully saturated rings. The van der Waals surface area contributed by atoms with E-state index in [1.165, 1.54) is 17.4 Å². The second kappa shape index (κ2) is 5.64. The van der Waals surface area contributed by atoms with E-state index < -0.39 is 5.97 Å². The number of carbonyl (C=O) groups is 3. The lowest BCUT2D eigenvalue weighted by Gasteiger charge is -2.18. The number of hydrogen-bond acceptors (Lipinski definition) is 4. The average molecular weight is 265 g/mol. The number of aromatic nitrogens is 2. The first-order valence-corrected chi connectivity index (χ1v) is 6.16. The lowest BCUT2D eigenvalue weighted by Crippen LogP contribution is -2.37. The van der Waals surface area contributed by atoms with Gasteiger partial charge in [0.05, 0.1) is 6.33 Å². The third-order valence-electron chi connectivity index (χ3n) is 3.07. The minimum Gasteiger partial charge on any atom is -0.476 e. The Balaban J connectivity index is 1.97. The van der Waals surface area contributed by atoms with Gasteiger partial charge in [-0.05, 0) is 12.8 Å². The van der Waals surface area contributed by atoms with Crippen LogP contribution in [0.1, 0.15) is 36.2 Å². The highest BCUT2D eigenvalue weighted by Gasteiger charge is 2.23. The van der Waals surface area contributed by atoms with Crippen LogP contribution in [-0.2, 0) is 16.1 Å². The highest BCUT2D eigenvalue weighted by Crippen LogP contribution is 2.12. The molecule has 2 rings (SSSR count). The predicted octanol–water partition coefficient (Wildman–Crippen LogP) is 0.510. The maximum atomic E-state index is 11.7. The SMILES string of the molecule is O=C(O)c1cn(CCN2C(=O)CCCCC2=O)cn1. The first-order valence-electron chi connectivity index (χ1n) is 6.16. The molecule has 7 heteroatoms. The van der Waals surface area contributed by atoms with E-state index in [1.807, 2.05) is 0 Å². The summed E-state index contributed by atoms with van der Waals surface area (Å²) in [5, 5.41) is 8.74. The fourth-order valence-corrected chi connectivity index (χ4v) is 2.02. The Morgan fingerprint density at radius 1 is 1.21 bits per heavy atom. The van der Waals surface area contributed by atoms with Crippen LogP contribution in [0.3, 0.4) is 0 Å². The fourth-order valence-electron chi connectivity index (χ4n) is 2.02. The van der Waals surface area contributed by atoms with Crippen LogP contribution in [0.5, 0.6) is 0 Å². The van der Waals surface area contributed by atoms with E-state index in [-0.39, 0.29) is 24.1 Å². The summed E-state index contributed by atoms with van der Waals surface area (Å²) in [5.74, 6) is -1.40. The summed E-state index contributed by atoms with van der Waals surface area (Å²) in [6.07, 6.45) is 5.06. The molecule has 0 aliphatic carbocycles. The van der Waals surface area contributed by atoms with Gasteiger partial charge in [-0.2, -0.15) is 0 Å². The van der Waals surface area contributed by atoms with Crippen LogP contribution in [0, 0.1) is 0 Å². The summed E-state index contributed by atoms with van der Waals surface area (Å²) in [6.45, 7) is 0.616. The van der Waals surface area contributed by atoms with Crippen molar-refractivity contribution in [3.05, 3.63) is 18.2 Å². The predicted molar refractivity (Wildman–Crippen MR) is 64.4 cm³/mol. The Hall–Kier alpha value is -2.18. The van der Waals surface area contributed by atoms with Gasteiger partial charge in [0, 0.05) is 32.1 Å². The number of aromatic carboxylic acids is 1. The second-order valence-electron chi connectivity index (χ2n) is 4.45. The highest BCUT2D eigenvalue weighted by atomic mass is 16.4. The molecule has 0 radical (unpaired) electrons. The van der Waals surface area contributed by atoms with Crippen molar-refractivity contribution in [2.75, 3.05) is 6.54 Å². The fraction of sp³-hybridized carbons (Fsp3) is 0.500. The van der Waals surface area contributed by atoms with E-state index in [0.29, 0.717) is 19.4 Å². The van der Waals surface area contributed by atoms with E-state index >= 15 is 0 Å². The Kier molecular flexibility index (Phi) is 3.94. The standard InChI is InChI=1S/C12H15N3O4/c16-10-3-1-2-4-11(17)15(10)6-5-14-7-9(12(18)19)13-8-14/h7-8H,1-6H2,(H,18,19). The number of carbonyl (C=O) groups excluding carboxylic acids is 2. The number of nitrogens with zero attached hydrogens (tertiary/aromatic N) is 3. The summed E-state index contributed by atoms with van der Waals surface area (Å²) in [4.78, 5) is 39.1. The molecule has 1 aliphatic rings. The van der Waals surface area contributed by atoms with Gasteiger partial charge in [0.25, 0.3) is 0 Å². The molecular weight excluding hydrogens is 250 g/mol. The zero-order chi connectivity index (χ0) is 13.8. The summed E-state index contributed by atoms with van der Waals surface area (Å²) in [6, 6.07) is 0. The molecule has 1 N–H and O–H groups in total. The molecule has 1 aromatic rings. The number of likely N-dealkylation sites (tertiary alicyclic amines) is 1. The minimum atomic E-state index is -1.10. The number of amides is 2. The minimum absolute atomic E-state index is 0.0477. The van der Waals surface area contributed by atoms with E-state index in [4.69, 9.17) is 5.11 Å². The number of imide groups is 1. The lowest BCUT2D eigenvalue weighted by molar-refractivity contribution is -0.143. The highest BCUT2D eigenvalue weighted by molar-refractivity contribution is 5.95. The first kappa shape index (κ1) is 13.3. The summed E-state index contributed by atoms with van der Waals surface area (Å²) < 4.78 is 1.56. The molecule has 102 valence electrons. The monoisotopic (exact) mass is 265 g/mol. The van der Waals surface area contributed by atoms with Gasteiger partial charge in [0.15, 0.2) is 5.69 Å². The van der Waals surface area contributed by atoms with E-state index in [2.05, 4.69) is 4.98 Å². The van der Waals surface area contributed by atoms with Crippen LogP contribution >= 0.6 is 0 Å². The van der Waals surface area contributed by atoms with E-state index in [1.54, 1.807) is 4.57 Å². The Morgan fingerprint density at radius 3 is 2.37 bits per heavy atom. The van der Waals surface area contributed by atoms with Crippen molar-refractivity contribution in [3.63, 3.8) is 0 Å². The van der Waals surface area contributed by atoms with E-state index in [0.717, 1.165) is 12.8 Å². The Bertz CT molecular complexity index is 491. The molecule has 0 aromatic carbocycles. The molecule has 0 bridgehead atoms. The van der Waals surface area contributed by atoms with Crippen molar-refractivity contribution in [1.82, 2.24) is 14.5 Å². The van der Waals surface area contributed by atoms with Crippen LogP contribution in [0.25, 0.3) is 0 Å². The van der Waals surface area contributed by atoms with Crippen LogP contribution in [-0.4, -0.2) is 43.9 Å². The molecule has 2 amide bonds. The van der Waals surface area contributed by atoms with Gasteiger partial charge >= 0.3 is 5.97 Å². The maximum absolute atomic E-state index is 11.7. The molecule has 0 saturated carbocycles. The molecule has 1 aromatic heterocycles. The molecule has 0 unspecified atom stereocenters. The topological polar surface area (TPSA) is 92.5 Å². The van der Waals surface area contributed by atoms with Gasteiger partial charge in [-0.25, -0.2) is 9.78 Å². The zero-order valence-corrected chi connectivity index (χ0v) is 10.4. The molecule has 0 atom stereocenters. The van der Waals surface area contributed by atoms with Gasteiger partial charge in [0.2, 0.25) is 11.8 Å². The zero-order valence-electron chi connectivity index (χ0n) is 10.4. The molecule has 19 heavy (non-hydrogen) atoms. The number of carboxylic acids is 1. The van der Waals surface area contributed by atoms with Gasteiger partial charge in [-0.1, -0.05) is 0 Å². The second-order valence-corrected chi connectivity index (χ2v) is 4.45. The molecular formula is C12H15N3O4. The van der Waals surface area contributed by atoms with Crippen molar-refractivity contribution in [1.29, 1.82) is 0 Å². The van der Waals surface area contributed by atoms with Gasteiger partial charge in [0.1, 0.15) is 0 Å². The number of hydrogen-bond donors (Lipinski definition) is 1. The van der Waals surface area contributed by atoms with Crippen molar-refractivity contribution in [2.24, 2.45) is 0 Å². The third-order valence-corrected chi connectivity index (χ3v) is 3.07. The van der Waals surface area contributed by atoms with E-state index in [9.17, 15) is 14.4 Å². The Labute approximate surface area is 109 Å². The van der Waals surface area contributed by atoms with Crippen molar-refractivity contribution < 1.29 is 19.5 Å². The van der Waals surface area contributed by atoms with Crippen LogP contribution < -0.4 is 0 Å². The summed E-state index contributed by atoms with van der Waals surface area (Å²) in [7, 11) is 0. The number of imidazole rings is 1. The Morgan fingerprint density at radius 2 is 1.84 bits per heavy atom. The van der Waals surface area contributed by atoms with Crippen LogP contribution in [0.2, 0.25) is 0 Å². The molecule has 2 heterocycles. The van der Waals surface area contributed by atoms with Gasteiger partial charge in [-0.15, -0.1) is 0 Å². The molecule has 0 spiro atoms. The normalized spacial score (nSPS) is 16.5. The summed E-state index contributed by atoms with van der Waals surface area (Å²) >= 11 is 0. The molecule has 7 nitrogen and oxygen atoms in total.